The van der Waals surface area contributed by atoms with Gasteiger partial charge in [0.15, 0.2) is 0 Å². The van der Waals surface area contributed by atoms with Crippen LogP contribution in [0.4, 0.5) is 4.79 Å². The number of nitrogens with one attached hydrogen (secondary N) is 1. The van der Waals surface area contributed by atoms with Gasteiger partial charge in [0.05, 0.1) is 13.2 Å². The number of ether oxygens (including phenoxy) is 2. The first-order valence-corrected chi connectivity index (χ1v) is 10.0. The fourth-order valence-corrected chi connectivity index (χ4v) is 3.77. The molecule has 1 aliphatic rings. The van der Waals surface area contributed by atoms with Gasteiger partial charge in [-0.3, -0.25) is 0 Å². The molecule has 2 aromatic rings. The van der Waals surface area contributed by atoms with Crippen molar-refractivity contribution in [3.63, 3.8) is 0 Å². The fourth-order valence-electron chi connectivity index (χ4n) is 3.77. The molecule has 1 fully saturated rings. The average Bonchev–Trinajstić information content (AvgIpc) is 3.36. The molecule has 150 valence electrons. The Morgan fingerprint density at radius 3 is 2.36 bits per heavy atom. The van der Waals surface area contributed by atoms with Gasteiger partial charge in [-0.2, -0.15) is 0 Å². The molecule has 4 nitrogen and oxygen atoms in total. The number of hydrogen-bond donors (Lipinski definition) is 1. The third kappa shape index (κ3) is 5.59. The number of rotatable bonds is 8. The third-order valence-electron chi connectivity index (χ3n) is 5.25. The summed E-state index contributed by atoms with van der Waals surface area (Å²) in [5, 5.41) is 2.91. The van der Waals surface area contributed by atoms with E-state index in [9.17, 15) is 4.79 Å². The van der Waals surface area contributed by atoms with Crippen molar-refractivity contribution in [1.29, 1.82) is 0 Å². The largest absolute Gasteiger partial charge is 0.444 e. The van der Waals surface area contributed by atoms with E-state index in [0.29, 0.717) is 19.1 Å². The molecule has 2 unspecified atom stereocenters. The molecule has 0 aromatic heterocycles. The van der Waals surface area contributed by atoms with E-state index in [1.807, 2.05) is 45.0 Å². The fraction of sp³-hybridized carbons (Fsp3) is 0.458. The molecule has 0 radical (unpaired) electrons. The third-order valence-corrected chi connectivity index (χ3v) is 5.25. The zero-order valence-electron chi connectivity index (χ0n) is 17.1. The molecule has 0 spiro atoms. The van der Waals surface area contributed by atoms with Gasteiger partial charge in [0.25, 0.3) is 0 Å². The summed E-state index contributed by atoms with van der Waals surface area (Å²) in [6.07, 6.45) is 1.62. The van der Waals surface area contributed by atoms with Crippen molar-refractivity contribution >= 4 is 6.09 Å². The summed E-state index contributed by atoms with van der Waals surface area (Å²) in [6.45, 7) is 7.59. The van der Waals surface area contributed by atoms with Gasteiger partial charge in [-0.05, 0) is 50.7 Å². The summed E-state index contributed by atoms with van der Waals surface area (Å²) in [6, 6.07) is 20.8. The molecular formula is C24H31NO3. The highest BCUT2D eigenvalue weighted by molar-refractivity contribution is 5.67. The number of benzene rings is 2. The molecule has 0 saturated heterocycles. The predicted octanol–water partition coefficient (Wildman–Crippen LogP) is 5.08. The molecule has 2 atom stereocenters. The molecule has 0 aliphatic heterocycles. The Hall–Kier alpha value is -2.33. The Bertz CT molecular complexity index is 754. The summed E-state index contributed by atoms with van der Waals surface area (Å²) in [4.78, 5) is 12.0. The molecule has 3 rings (SSSR count). The van der Waals surface area contributed by atoms with Crippen LogP contribution < -0.4 is 5.32 Å². The molecule has 1 saturated carbocycles. The predicted molar refractivity (Wildman–Crippen MR) is 111 cm³/mol. The maximum Gasteiger partial charge on any atom is 0.407 e. The van der Waals surface area contributed by atoms with Gasteiger partial charge in [0.1, 0.15) is 5.60 Å². The van der Waals surface area contributed by atoms with Gasteiger partial charge in [0, 0.05) is 12.0 Å². The summed E-state index contributed by atoms with van der Waals surface area (Å²) >= 11 is 0. The zero-order valence-corrected chi connectivity index (χ0v) is 17.1. The quantitative estimate of drug-likeness (QED) is 0.694. The maximum absolute atomic E-state index is 12.0. The van der Waals surface area contributed by atoms with E-state index in [2.05, 4.69) is 41.7 Å². The van der Waals surface area contributed by atoms with Crippen LogP contribution in [0, 0.1) is 5.92 Å². The van der Waals surface area contributed by atoms with E-state index in [-0.39, 0.29) is 11.5 Å². The lowest BCUT2D eigenvalue weighted by atomic mass is 9.90. The normalized spacial score (nSPS) is 21.2. The number of hydrogen-bond acceptors (Lipinski definition) is 3. The van der Waals surface area contributed by atoms with Crippen molar-refractivity contribution in [3.8, 4) is 0 Å². The van der Waals surface area contributed by atoms with Crippen molar-refractivity contribution < 1.29 is 14.3 Å². The van der Waals surface area contributed by atoms with Gasteiger partial charge < -0.3 is 14.8 Å². The van der Waals surface area contributed by atoms with Crippen molar-refractivity contribution in [2.75, 3.05) is 13.2 Å². The molecule has 1 amide bonds. The van der Waals surface area contributed by atoms with E-state index in [1.165, 1.54) is 11.1 Å². The van der Waals surface area contributed by atoms with E-state index in [1.54, 1.807) is 0 Å². The van der Waals surface area contributed by atoms with Gasteiger partial charge >= 0.3 is 6.09 Å². The Morgan fingerprint density at radius 2 is 1.71 bits per heavy atom. The van der Waals surface area contributed by atoms with Crippen molar-refractivity contribution in [3.05, 3.63) is 71.8 Å². The van der Waals surface area contributed by atoms with Gasteiger partial charge in [-0.25, -0.2) is 4.79 Å². The molecule has 1 aliphatic carbocycles. The summed E-state index contributed by atoms with van der Waals surface area (Å²) < 4.78 is 11.3. The molecule has 28 heavy (non-hydrogen) atoms. The van der Waals surface area contributed by atoms with Crippen LogP contribution in [0.2, 0.25) is 0 Å². The lowest BCUT2D eigenvalue weighted by molar-refractivity contribution is 0.0525. The first-order valence-electron chi connectivity index (χ1n) is 10.0. The van der Waals surface area contributed by atoms with E-state index >= 15 is 0 Å². The van der Waals surface area contributed by atoms with Gasteiger partial charge in [-0.15, -0.1) is 0 Å². The van der Waals surface area contributed by atoms with E-state index in [0.717, 1.165) is 19.4 Å². The molecule has 1 N–H and O–H groups in total. The highest BCUT2D eigenvalue weighted by Crippen LogP contribution is 2.56. The van der Waals surface area contributed by atoms with Crippen LogP contribution in [-0.2, 0) is 21.5 Å². The molecule has 2 aromatic carbocycles. The highest BCUT2D eigenvalue weighted by atomic mass is 16.6. The number of amides is 1. The lowest BCUT2D eigenvalue weighted by Gasteiger charge is -2.22. The maximum atomic E-state index is 12.0. The first-order chi connectivity index (χ1) is 13.4. The van der Waals surface area contributed by atoms with E-state index < -0.39 is 5.60 Å². The van der Waals surface area contributed by atoms with Crippen molar-refractivity contribution in [2.45, 2.75) is 51.2 Å². The second-order valence-electron chi connectivity index (χ2n) is 8.60. The van der Waals surface area contributed by atoms with Crippen LogP contribution in [0.25, 0.3) is 0 Å². The van der Waals surface area contributed by atoms with Gasteiger partial charge in [0.2, 0.25) is 0 Å². The second-order valence-corrected chi connectivity index (χ2v) is 8.60. The van der Waals surface area contributed by atoms with Crippen LogP contribution in [0.3, 0.4) is 0 Å². The number of alkyl carbamates (subject to hydrolysis) is 1. The average molecular weight is 382 g/mol. The van der Waals surface area contributed by atoms with Gasteiger partial charge in [-0.1, -0.05) is 60.7 Å². The molecule has 0 bridgehead atoms. The first kappa shape index (κ1) is 20.4. The summed E-state index contributed by atoms with van der Waals surface area (Å²) in [5.74, 6) is 0.471. The Balaban J connectivity index is 1.54. The van der Waals surface area contributed by atoms with Crippen LogP contribution in [-0.4, -0.2) is 24.8 Å². The zero-order chi connectivity index (χ0) is 20.0. The number of carbonyl (C=O) groups is 1. The molecular weight excluding hydrogens is 350 g/mol. The smallest absolute Gasteiger partial charge is 0.407 e. The molecule has 4 heteroatoms. The Labute approximate surface area is 168 Å². The van der Waals surface area contributed by atoms with Crippen LogP contribution in [0.15, 0.2) is 60.7 Å². The monoisotopic (exact) mass is 381 g/mol. The minimum Gasteiger partial charge on any atom is -0.444 e. The SMILES string of the molecule is CC(C)(C)OC(=O)NCCC1(c2ccccc2)CC1COCc1ccccc1. The van der Waals surface area contributed by atoms with Crippen molar-refractivity contribution in [2.24, 2.45) is 5.92 Å². The number of carbonyl (C=O) groups excluding carboxylic acids is 1. The summed E-state index contributed by atoms with van der Waals surface area (Å²) in [7, 11) is 0. The standard InChI is InChI=1S/C24H31NO3/c1-23(2,3)28-22(26)25-15-14-24(20-12-8-5-9-13-20)16-21(24)18-27-17-19-10-6-4-7-11-19/h4-13,21H,14-18H2,1-3H3,(H,25,26). The highest BCUT2D eigenvalue weighted by Gasteiger charge is 2.54. The van der Waals surface area contributed by atoms with Crippen molar-refractivity contribution in [1.82, 2.24) is 5.32 Å². The Kier molecular flexibility index (Phi) is 6.40. The van der Waals surface area contributed by atoms with Crippen LogP contribution in [0.1, 0.15) is 44.7 Å². The van der Waals surface area contributed by atoms with Crippen LogP contribution in [0.5, 0.6) is 0 Å². The summed E-state index contributed by atoms with van der Waals surface area (Å²) in [5.41, 5.74) is 2.12. The minimum absolute atomic E-state index is 0.0763. The topological polar surface area (TPSA) is 47.6 Å². The van der Waals surface area contributed by atoms with Crippen LogP contribution >= 0.6 is 0 Å². The lowest BCUT2D eigenvalue weighted by Crippen LogP contribution is -2.34. The van der Waals surface area contributed by atoms with E-state index in [4.69, 9.17) is 9.47 Å². The minimum atomic E-state index is -0.478. The Morgan fingerprint density at radius 1 is 1.07 bits per heavy atom. The molecule has 0 heterocycles. The second kappa shape index (κ2) is 8.78.